The zero-order valence-corrected chi connectivity index (χ0v) is 13.6. The summed E-state index contributed by atoms with van der Waals surface area (Å²) in [6.07, 6.45) is 0. The molecule has 3 aromatic rings. The Kier molecular flexibility index (Phi) is 3.06. The van der Waals surface area contributed by atoms with Gasteiger partial charge in [0.05, 0.1) is 28.6 Å². The van der Waals surface area contributed by atoms with E-state index in [-0.39, 0.29) is 16.9 Å². The van der Waals surface area contributed by atoms with Gasteiger partial charge in [0.15, 0.2) is 5.13 Å². The number of carbonyl (C=O) groups excluding carboxylic acids is 2. The highest BCUT2D eigenvalue weighted by Crippen LogP contribution is 2.34. The summed E-state index contributed by atoms with van der Waals surface area (Å²) in [6, 6.07) is 4.33. The monoisotopic (exact) mass is 357 g/mol. The van der Waals surface area contributed by atoms with Crippen LogP contribution in [-0.2, 0) is 0 Å². The highest BCUT2D eigenvalue weighted by molar-refractivity contribution is 7.22. The quantitative estimate of drug-likeness (QED) is 0.567. The van der Waals surface area contributed by atoms with Gasteiger partial charge in [-0.05, 0) is 6.07 Å². The number of nitrogens with zero attached hydrogens (tertiary/aromatic N) is 2. The van der Waals surface area contributed by atoms with Crippen molar-refractivity contribution in [3.63, 3.8) is 0 Å². The van der Waals surface area contributed by atoms with Gasteiger partial charge < -0.3 is 16.2 Å². The van der Waals surface area contributed by atoms with Crippen molar-refractivity contribution in [1.29, 1.82) is 0 Å². The average Bonchev–Trinajstić information content (AvgIpc) is 3.05. The van der Waals surface area contributed by atoms with Crippen molar-refractivity contribution in [3.05, 3.63) is 39.7 Å². The fourth-order valence-electron chi connectivity index (χ4n) is 2.83. The molecule has 0 fully saturated rings. The van der Waals surface area contributed by atoms with Crippen LogP contribution >= 0.6 is 11.3 Å². The zero-order chi connectivity index (χ0) is 17.9. The number of nitrogens with one attached hydrogen (secondary N) is 1. The maximum Gasteiger partial charge on any atom is 0.262 e. The first kappa shape index (κ1) is 15.1. The molecule has 126 valence electrons. The first-order valence-corrected chi connectivity index (χ1v) is 7.88. The van der Waals surface area contributed by atoms with Crippen LogP contribution in [0.5, 0.6) is 5.75 Å². The first-order chi connectivity index (χ1) is 11.9. The molecule has 0 aliphatic carbocycles. The zero-order valence-electron chi connectivity index (χ0n) is 12.8. The Hall–Kier alpha value is -3.40. The van der Waals surface area contributed by atoms with E-state index in [1.807, 2.05) is 0 Å². The number of anilines is 2. The van der Waals surface area contributed by atoms with Gasteiger partial charge in [0.25, 0.3) is 17.4 Å². The van der Waals surface area contributed by atoms with E-state index >= 15 is 0 Å². The third-order valence-corrected chi connectivity index (χ3v) is 4.72. The number of amides is 2. The fourth-order valence-corrected chi connectivity index (χ4v) is 3.62. The van der Waals surface area contributed by atoms with Crippen LogP contribution in [0.2, 0.25) is 0 Å². The first-order valence-electron chi connectivity index (χ1n) is 7.06. The minimum atomic E-state index is -0.640. The molecule has 0 spiro atoms. The molecule has 1 aromatic carbocycles. The molecule has 0 unspecified atom stereocenters. The molecule has 5 N–H and O–H groups in total. The lowest BCUT2D eigenvalue weighted by Gasteiger charge is -2.13. The Bertz CT molecular complexity index is 1150. The van der Waals surface area contributed by atoms with E-state index in [1.54, 1.807) is 12.1 Å². The number of ether oxygens (including phenoxy) is 1. The molecule has 1 aliphatic heterocycles. The standard InChI is InChI=1S/C15H11N5O4S/c1-24-7-2-5(3-8-11(7)18-15(17)25-8)20-9(21)4-6-10(12(20)16)14(23)19-13(6)22/h2-4H,16H2,1H3,(H2,17,18)(H,19,22,23). The van der Waals surface area contributed by atoms with Gasteiger partial charge in [-0.1, -0.05) is 11.3 Å². The normalized spacial score (nSPS) is 13.2. The average molecular weight is 357 g/mol. The van der Waals surface area contributed by atoms with Crippen LogP contribution in [-0.4, -0.2) is 28.5 Å². The molecule has 2 amide bonds. The number of aromatic nitrogens is 2. The summed E-state index contributed by atoms with van der Waals surface area (Å²) >= 11 is 1.23. The van der Waals surface area contributed by atoms with Gasteiger partial charge in [0, 0.05) is 12.1 Å². The van der Waals surface area contributed by atoms with Crippen molar-refractivity contribution in [3.8, 4) is 11.4 Å². The van der Waals surface area contributed by atoms with E-state index < -0.39 is 17.4 Å². The number of nitrogen functional groups attached to an aromatic ring is 2. The van der Waals surface area contributed by atoms with E-state index in [0.29, 0.717) is 26.8 Å². The predicted molar refractivity (Wildman–Crippen MR) is 92.4 cm³/mol. The highest BCUT2D eigenvalue weighted by Gasteiger charge is 2.32. The van der Waals surface area contributed by atoms with Gasteiger partial charge in [-0.25, -0.2) is 4.98 Å². The maximum atomic E-state index is 12.5. The number of imide groups is 1. The molecule has 25 heavy (non-hydrogen) atoms. The predicted octanol–water partition coefficient (Wildman–Crippen LogP) is 0.504. The topological polar surface area (TPSA) is 142 Å². The van der Waals surface area contributed by atoms with Crippen LogP contribution in [0.4, 0.5) is 10.9 Å². The van der Waals surface area contributed by atoms with E-state index in [2.05, 4.69) is 10.3 Å². The lowest BCUT2D eigenvalue weighted by atomic mass is 10.1. The van der Waals surface area contributed by atoms with Crippen molar-refractivity contribution in [2.45, 2.75) is 0 Å². The number of fused-ring (bicyclic) bond motifs is 2. The van der Waals surface area contributed by atoms with Crippen molar-refractivity contribution in [1.82, 2.24) is 14.9 Å². The number of benzene rings is 1. The molecule has 0 atom stereocenters. The van der Waals surface area contributed by atoms with E-state index in [0.717, 1.165) is 10.6 Å². The molecular formula is C15H11N5O4S. The molecule has 10 heteroatoms. The molecule has 1 aliphatic rings. The number of rotatable bonds is 2. The summed E-state index contributed by atoms with van der Waals surface area (Å²) in [5.41, 5.74) is 12.1. The lowest BCUT2D eigenvalue weighted by molar-refractivity contribution is 0.0880. The minimum absolute atomic E-state index is 0.0208. The lowest BCUT2D eigenvalue weighted by Crippen LogP contribution is -2.24. The smallest absolute Gasteiger partial charge is 0.262 e. The van der Waals surface area contributed by atoms with Gasteiger partial charge in [-0.15, -0.1) is 0 Å². The number of hydrogen-bond donors (Lipinski definition) is 3. The van der Waals surface area contributed by atoms with Crippen molar-refractivity contribution >= 4 is 44.3 Å². The Labute approximate surface area is 143 Å². The number of methoxy groups -OCH3 is 1. The van der Waals surface area contributed by atoms with Gasteiger partial charge in [0.1, 0.15) is 17.1 Å². The summed E-state index contributed by atoms with van der Waals surface area (Å²) in [7, 11) is 1.47. The van der Waals surface area contributed by atoms with Crippen LogP contribution in [0.3, 0.4) is 0 Å². The van der Waals surface area contributed by atoms with E-state index in [1.165, 1.54) is 18.4 Å². The van der Waals surface area contributed by atoms with Gasteiger partial charge in [-0.2, -0.15) is 0 Å². The van der Waals surface area contributed by atoms with Crippen molar-refractivity contribution in [2.75, 3.05) is 18.6 Å². The van der Waals surface area contributed by atoms with Crippen LogP contribution in [0.15, 0.2) is 23.0 Å². The number of pyridine rings is 1. The van der Waals surface area contributed by atoms with Crippen LogP contribution < -0.4 is 27.1 Å². The fraction of sp³-hybridized carbons (Fsp3) is 0.0667. The number of nitrogens with two attached hydrogens (primary N) is 2. The second-order valence-electron chi connectivity index (χ2n) is 5.32. The van der Waals surface area contributed by atoms with Gasteiger partial charge >= 0.3 is 0 Å². The second kappa shape index (κ2) is 5.05. The highest BCUT2D eigenvalue weighted by atomic mass is 32.1. The van der Waals surface area contributed by atoms with Crippen LogP contribution in [0.1, 0.15) is 20.7 Å². The van der Waals surface area contributed by atoms with E-state index in [9.17, 15) is 14.4 Å². The maximum absolute atomic E-state index is 12.5. The Morgan fingerprint density at radius 2 is 1.92 bits per heavy atom. The third kappa shape index (κ3) is 2.08. The summed E-state index contributed by atoms with van der Waals surface area (Å²) in [5.74, 6) is -0.988. The van der Waals surface area contributed by atoms with Gasteiger partial charge in [-0.3, -0.25) is 24.3 Å². The number of hydrogen-bond acceptors (Lipinski definition) is 8. The Morgan fingerprint density at radius 3 is 2.64 bits per heavy atom. The second-order valence-corrected chi connectivity index (χ2v) is 6.38. The molecule has 4 rings (SSSR count). The molecule has 3 heterocycles. The Morgan fingerprint density at radius 1 is 1.16 bits per heavy atom. The van der Waals surface area contributed by atoms with E-state index in [4.69, 9.17) is 16.2 Å². The molecule has 9 nitrogen and oxygen atoms in total. The Balaban J connectivity index is 2.05. The molecule has 0 saturated heterocycles. The van der Waals surface area contributed by atoms with Crippen molar-refractivity contribution in [2.24, 2.45) is 0 Å². The number of thiazole rings is 1. The molecule has 0 saturated carbocycles. The van der Waals surface area contributed by atoms with Gasteiger partial charge in [0.2, 0.25) is 0 Å². The number of carbonyl (C=O) groups is 2. The minimum Gasteiger partial charge on any atom is -0.494 e. The largest absolute Gasteiger partial charge is 0.494 e. The SMILES string of the molecule is COc1cc(-n2c(N)c3c(cc2=O)C(=O)NC3=O)cc2sc(N)nc12. The molecule has 0 bridgehead atoms. The summed E-state index contributed by atoms with van der Waals surface area (Å²) in [6.45, 7) is 0. The third-order valence-electron chi connectivity index (χ3n) is 3.89. The van der Waals surface area contributed by atoms with Crippen LogP contribution in [0, 0.1) is 0 Å². The van der Waals surface area contributed by atoms with Crippen LogP contribution in [0.25, 0.3) is 15.9 Å². The molecule has 0 radical (unpaired) electrons. The summed E-state index contributed by atoms with van der Waals surface area (Å²) in [4.78, 5) is 40.4. The summed E-state index contributed by atoms with van der Waals surface area (Å²) < 4.78 is 7.15. The molecule has 2 aromatic heterocycles. The van der Waals surface area contributed by atoms with Crippen molar-refractivity contribution < 1.29 is 14.3 Å². The summed E-state index contributed by atoms with van der Waals surface area (Å²) in [5, 5.41) is 2.48. The molecular weight excluding hydrogens is 346 g/mol.